The van der Waals surface area contributed by atoms with Crippen molar-refractivity contribution >= 4 is 11.5 Å². The van der Waals surface area contributed by atoms with Crippen LogP contribution in [0, 0.1) is 13.8 Å². The number of nitrogens with zero attached hydrogens (tertiary/aromatic N) is 2. The number of hydrogen-bond acceptors (Lipinski definition) is 2. The smallest absolute Gasteiger partial charge is 0.154 e. The number of nitrogens with one attached hydrogen (secondary N) is 1. The van der Waals surface area contributed by atoms with E-state index in [9.17, 15) is 0 Å². The van der Waals surface area contributed by atoms with Crippen LogP contribution in [-0.2, 0) is 7.05 Å². The first kappa shape index (κ1) is 18.8. The lowest BCUT2D eigenvalue weighted by Gasteiger charge is -2.20. The van der Waals surface area contributed by atoms with E-state index in [0.29, 0.717) is 0 Å². The highest BCUT2D eigenvalue weighted by Crippen LogP contribution is 2.29. The second-order valence-corrected chi connectivity index (χ2v) is 6.30. The maximum absolute atomic E-state index is 6.23. The van der Waals surface area contributed by atoms with Gasteiger partial charge in [0, 0.05) is 19.4 Å². The van der Waals surface area contributed by atoms with Gasteiger partial charge in [0.15, 0.2) is 5.84 Å². The zero-order valence-electron chi connectivity index (χ0n) is 16.0. The summed E-state index contributed by atoms with van der Waals surface area (Å²) in [5, 5.41) is 3.45. The Bertz CT molecular complexity index is 735. The SMILES string of the molecule is C=CN=C(Nc1ccc(C)cc1OC(CC)CC)c1c(C)ccn1C. The number of aliphatic imine (C=N–C) groups is 1. The third kappa shape index (κ3) is 4.53. The number of aromatic nitrogens is 1. The van der Waals surface area contributed by atoms with Crippen molar-refractivity contribution < 1.29 is 4.74 Å². The van der Waals surface area contributed by atoms with E-state index < -0.39 is 0 Å². The Labute approximate surface area is 151 Å². The number of amidine groups is 1. The molecule has 0 spiro atoms. The second kappa shape index (κ2) is 8.56. The molecule has 1 heterocycles. The summed E-state index contributed by atoms with van der Waals surface area (Å²) < 4.78 is 8.29. The lowest BCUT2D eigenvalue weighted by molar-refractivity contribution is 0.194. The molecule has 1 aromatic heterocycles. The zero-order valence-corrected chi connectivity index (χ0v) is 16.0. The van der Waals surface area contributed by atoms with Gasteiger partial charge in [-0.1, -0.05) is 26.5 Å². The third-order valence-electron chi connectivity index (χ3n) is 4.31. The molecular formula is C21H29N3O. The van der Waals surface area contributed by atoms with Crippen LogP contribution in [0.2, 0.25) is 0 Å². The Hall–Kier alpha value is -2.49. The van der Waals surface area contributed by atoms with Gasteiger partial charge in [-0.25, -0.2) is 4.99 Å². The largest absolute Gasteiger partial charge is 0.488 e. The van der Waals surface area contributed by atoms with Crippen LogP contribution in [0.25, 0.3) is 0 Å². The normalized spacial score (nSPS) is 11.7. The number of hydrogen-bond donors (Lipinski definition) is 1. The van der Waals surface area contributed by atoms with Gasteiger partial charge in [0.1, 0.15) is 5.75 Å². The van der Waals surface area contributed by atoms with Crippen molar-refractivity contribution in [1.82, 2.24) is 4.57 Å². The first-order valence-corrected chi connectivity index (χ1v) is 8.85. The van der Waals surface area contributed by atoms with Gasteiger partial charge in [0.25, 0.3) is 0 Å². The number of benzene rings is 1. The minimum Gasteiger partial charge on any atom is -0.488 e. The molecule has 0 amide bonds. The van der Waals surface area contributed by atoms with E-state index in [-0.39, 0.29) is 6.10 Å². The number of aryl methyl sites for hydroxylation is 3. The summed E-state index contributed by atoms with van der Waals surface area (Å²) in [6, 6.07) is 8.27. The van der Waals surface area contributed by atoms with Gasteiger partial charge in [0.2, 0.25) is 0 Å². The molecule has 134 valence electrons. The highest BCUT2D eigenvalue weighted by molar-refractivity contribution is 6.09. The van der Waals surface area contributed by atoms with Crippen LogP contribution in [0.5, 0.6) is 5.75 Å². The van der Waals surface area contributed by atoms with E-state index in [4.69, 9.17) is 4.74 Å². The van der Waals surface area contributed by atoms with Crippen LogP contribution >= 0.6 is 0 Å². The van der Waals surface area contributed by atoms with Crippen LogP contribution in [0.1, 0.15) is 43.5 Å². The van der Waals surface area contributed by atoms with E-state index in [1.165, 1.54) is 5.56 Å². The number of rotatable bonds is 7. The molecule has 0 aliphatic heterocycles. The third-order valence-corrected chi connectivity index (χ3v) is 4.31. The molecule has 0 fully saturated rings. The van der Waals surface area contributed by atoms with Gasteiger partial charge in [-0.15, -0.1) is 0 Å². The summed E-state index contributed by atoms with van der Waals surface area (Å²) in [6.07, 6.45) is 5.76. The van der Waals surface area contributed by atoms with Gasteiger partial charge in [-0.05, 0) is 56.0 Å². The Morgan fingerprint density at radius 1 is 1.28 bits per heavy atom. The quantitative estimate of drug-likeness (QED) is 0.555. The van der Waals surface area contributed by atoms with Crippen molar-refractivity contribution in [3.8, 4) is 5.75 Å². The van der Waals surface area contributed by atoms with Crippen molar-refractivity contribution in [3.63, 3.8) is 0 Å². The van der Waals surface area contributed by atoms with E-state index >= 15 is 0 Å². The van der Waals surface area contributed by atoms with Gasteiger partial charge >= 0.3 is 0 Å². The number of anilines is 1. The molecule has 0 unspecified atom stereocenters. The molecule has 0 atom stereocenters. The van der Waals surface area contributed by atoms with E-state index in [1.54, 1.807) is 6.20 Å². The summed E-state index contributed by atoms with van der Waals surface area (Å²) in [6.45, 7) is 12.2. The highest BCUT2D eigenvalue weighted by atomic mass is 16.5. The van der Waals surface area contributed by atoms with Crippen molar-refractivity contribution in [1.29, 1.82) is 0 Å². The molecule has 25 heavy (non-hydrogen) atoms. The van der Waals surface area contributed by atoms with E-state index in [2.05, 4.69) is 67.3 Å². The lowest BCUT2D eigenvalue weighted by Crippen LogP contribution is -2.20. The van der Waals surface area contributed by atoms with Crippen LogP contribution in [0.15, 0.2) is 48.2 Å². The molecule has 0 aliphatic rings. The molecule has 0 radical (unpaired) electrons. The van der Waals surface area contributed by atoms with Crippen molar-refractivity contribution in [3.05, 3.63) is 60.1 Å². The molecule has 2 aromatic rings. The van der Waals surface area contributed by atoms with Crippen LogP contribution in [-0.4, -0.2) is 16.5 Å². The van der Waals surface area contributed by atoms with Crippen molar-refractivity contribution in [2.45, 2.75) is 46.6 Å². The fraction of sp³-hybridized carbons (Fsp3) is 0.381. The van der Waals surface area contributed by atoms with E-state index in [1.807, 2.05) is 19.3 Å². The molecule has 1 N–H and O–H groups in total. The molecule has 4 heteroatoms. The standard InChI is InChI=1S/C21H29N3O/c1-7-17(8-2)25-19-14-15(4)10-11-18(19)23-21(22-9-3)20-16(5)12-13-24(20)6/h9-14,17H,3,7-8H2,1-2,4-6H3,(H,22,23). The topological polar surface area (TPSA) is 38.6 Å². The van der Waals surface area contributed by atoms with E-state index in [0.717, 1.165) is 41.4 Å². The summed E-state index contributed by atoms with van der Waals surface area (Å²) >= 11 is 0. The van der Waals surface area contributed by atoms with Gasteiger partial charge in [-0.2, -0.15) is 0 Å². The predicted octanol–water partition coefficient (Wildman–Crippen LogP) is 5.21. The van der Waals surface area contributed by atoms with Crippen molar-refractivity contribution in [2.75, 3.05) is 5.32 Å². The fourth-order valence-electron chi connectivity index (χ4n) is 2.85. The first-order valence-electron chi connectivity index (χ1n) is 8.85. The maximum Gasteiger partial charge on any atom is 0.154 e. The molecule has 2 rings (SSSR count). The molecule has 0 bridgehead atoms. The Kier molecular flexibility index (Phi) is 6.45. The van der Waals surface area contributed by atoms with Gasteiger partial charge in [-0.3, -0.25) is 0 Å². The fourth-order valence-corrected chi connectivity index (χ4v) is 2.85. The minimum absolute atomic E-state index is 0.207. The first-order chi connectivity index (χ1) is 12.0. The summed E-state index contributed by atoms with van der Waals surface area (Å²) in [4.78, 5) is 4.46. The lowest BCUT2D eigenvalue weighted by atomic mass is 10.1. The molecule has 0 saturated heterocycles. The second-order valence-electron chi connectivity index (χ2n) is 6.30. The summed E-state index contributed by atoms with van der Waals surface area (Å²) in [5.74, 6) is 1.62. The molecule has 1 aromatic carbocycles. The Balaban J connectivity index is 2.40. The van der Waals surface area contributed by atoms with Gasteiger partial charge < -0.3 is 14.6 Å². The van der Waals surface area contributed by atoms with Crippen LogP contribution in [0.3, 0.4) is 0 Å². The highest BCUT2D eigenvalue weighted by Gasteiger charge is 2.15. The summed E-state index contributed by atoms with van der Waals surface area (Å²) in [7, 11) is 2.01. The molecule has 0 saturated carbocycles. The number of ether oxygens (including phenoxy) is 1. The molecule has 0 aliphatic carbocycles. The summed E-state index contributed by atoms with van der Waals surface area (Å²) in [5.41, 5.74) is 4.28. The van der Waals surface area contributed by atoms with Crippen molar-refractivity contribution in [2.24, 2.45) is 12.0 Å². The minimum atomic E-state index is 0.207. The average Bonchev–Trinajstić information content (AvgIpc) is 2.93. The monoisotopic (exact) mass is 339 g/mol. The zero-order chi connectivity index (χ0) is 18.4. The average molecular weight is 339 g/mol. The predicted molar refractivity (Wildman–Crippen MR) is 107 cm³/mol. The van der Waals surface area contributed by atoms with Crippen LogP contribution < -0.4 is 10.1 Å². The van der Waals surface area contributed by atoms with Gasteiger partial charge in [0.05, 0.1) is 17.5 Å². The Morgan fingerprint density at radius 3 is 2.56 bits per heavy atom. The molecular weight excluding hydrogens is 310 g/mol. The Morgan fingerprint density at radius 2 is 2.00 bits per heavy atom. The maximum atomic E-state index is 6.23. The molecule has 4 nitrogen and oxygen atoms in total. The van der Waals surface area contributed by atoms with Crippen LogP contribution in [0.4, 0.5) is 5.69 Å².